The highest BCUT2D eigenvalue weighted by Crippen LogP contribution is 2.33. The van der Waals surface area contributed by atoms with Crippen LogP contribution in [0.4, 0.5) is 4.79 Å². The van der Waals surface area contributed by atoms with Gasteiger partial charge in [-0.25, -0.2) is 4.79 Å². The van der Waals surface area contributed by atoms with Crippen molar-refractivity contribution in [1.29, 1.82) is 0 Å². The van der Waals surface area contributed by atoms with Crippen LogP contribution < -0.4 is 4.74 Å². The first kappa shape index (κ1) is 23.0. The lowest BCUT2D eigenvalue weighted by Crippen LogP contribution is -2.53. The molecule has 2 atom stereocenters. The summed E-state index contributed by atoms with van der Waals surface area (Å²) in [5.74, 6) is 0.810. The topological polar surface area (TPSA) is 94.5 Å². The van der Waals surface area contributed by atoms with E-state index in [0.717, 1.165) is 11.3 Å². The first-order chi connectivity index (χ1) is 14.2. The summed E-state index contributed by atoms with van der Waals surface area (Å²) in [6, 6.07) is 7.63. The van der Waals surface area contributed by atoms with Gasteiger partial charge in [-0.3, -0.25) is 8.37 Å². The van der Waals surface area contributed by atoms with Gasteiger partial charge in [0.2, 0.25) is 0 Å². The molecule has 1 aromatic carbocycles. The fourth-order valence-electron chi connectivity index (χ4n) is 3.89. The van der Waals surface area contributed by atoms with Crippen LogP contribution in [0.5, 0.6) is 5.75 Å². The van der Waals surface area contributed by atoms with Crippen LogP contribution in [-0.2, 0) is 24.5 Å². The number of benzene rings is 1. The van der Waals surface area contributed by atoms with Crippen LogP contribution in [0.25, 0.3) is 0 Å². The van der Waals surface area contributed by atoms with Crippen molar-refractivity contribution in [3.05, 3.63) is 29.8 Å². The Kier molecular flexibility index (Phi) is 7.73. The first-order valence-corrected chi connectivity index (χ1v) is 11.3. The molecule has 2 aliphatic heterocycles. The van der Waals surface area contributed by atoms with E-state index < -0.39 is 17.5 Å². The zero-order valence-electron chi connectivity index (χ0n) is 17.7. The average molecular weight is 442 g/mol. The molecule has 9 heteroatoms. The van der Waals surface area contributed by atoms with Crippen LogP contribution in [0, 0.1) is 5.41 Å². The minimum Gasteiger partial charge on any atom is -0.491 e. The standard InChI is InChI=1S/C21H31NO7S/c1-21(2,3)19-12-18(8-9-22(19)20(23)24)27-11-10-26-17-6-4-15(5-7-17)16-13-28-30(25)29-14-16/h4-7,16,18-19H,8-14H2,1-3H3,(H,23,24)/t16?,18-,19-,30?/m1/s1. The number of likely N-dealkylation sites (tertiary alicyclic amines) is 1. The summed E-state index contributed by atoms with van der Waals surface area (Å²) >= 11 is -1.63. The van der Waals surface area contributed by atoms with Gasteiger partial charge in [-0.05, 0) is 36.0 Å². The lowest BCUT2D eigenvalue weighted by molar-refractivity contribution is -0.0410. The SMILES string of the molecule is CC(C)(C)[C@H]1C[C@H](OCCOc2ccc(C3COS(=O)OC3)cc2)CCN1C(=O)O. The van der Waals surface area contributed by atoms with Crippen LogP contribution in [0.2, 0.25) is 0 Å². The van der Waals surface area contributed by atoms with Gasteiger partial charge in [-0.1, -0.05) is 32.9 Å². The lowest BCUT2D eigenvalue weighted by atomic mass is 9.80. The van der Waals surface area contributed by atoms with Gasteiger partial charge in [-0.2, -0.15) is 4.21 Å². The summed E-state index contributed by atoms with van der Waals surface area (Å²) in [6.07, 6.45) is 0.567. The number of carboxylic acid groups (broad SMARTS) is 1. The number of ether oxygens (including phenoxy) is 2. The highest BCUT2D eigenvalue weighted by molar-refractivity contribution is 7.75. The molecule has 0 bridgehead atoms. The predicted octanol–water partition coefficient (Wildman–Crippen LogP) is 3.35. The molecule has 0 spiro atoms. The number of amides is 1. The summed E-state index contributed by atoms with van der Waals surface area (Å²) in [5, 5.41) is 9.45. The Morgan fingerprint density at radius 1 is 1.20 bits per heavy atom. The van der Waals surface area contributed by atoms with Gasteiger partial charge in [0.05, 0.1) is 25.9 Å². The molecule has 0 saturated carbocycles. The Balaban J connectivity index is 1.41. The quantitative estimate of drug-likeness (QED) is 0.677. The first-order valence-electron chi connectivity index (χ1n) is 10.3. The molecule has 1 N–H and O–H groups in total. The van der Waals surface area contributed by atoms with Gasteiger partial charge in [0.1, 0.15) is 12.4 Å². The van der Waals surface area contributed by atoms with E-state index in [1.54, 1.807) is 0 Å². The van der Waals surface area contributed by atoms with Crippen molar-refractivity contribution in [2.75, 3.05) is 33.0 Å². The second-order valence-corrected chi connectivity index (χ2v) is 9.64. The van der Waals surface area contributed by atoms with Gasteiger partial charge in [-0.15, -0.1) is 0 Å². The number of piperidine rings is 1. The Hall–Kier alpha value is -1.68. The lowest BCUT2D eigenvalue weighted by Gasteiger charge is -2.44. The summed E-state index contributed by atoms with van der Waals surface area (Å²) in [7, 11) is 0. The highest BCUT2D eigenvalue weighted by Gasteiger charge is 2.38. The third-order valence-electron chi connectivity index (χ3n) is 5.59. The maximum atomic E-state index is 11.5. The minimum absolute atomic E-state index is 0.0349. The fourth-order valence-corrected chi connectivity index (χ4v) is 4.51. The summed E-state index contributed by atoms with van der Waals surface area (Å²) in [4.78, 5) is 13.1. The Morgan fingerprint density at radius 3 is 2.47 bits per heavy atom. The molecule has 2 aliphatic rings. The van der Waals surface area contributed by atoms with Gasteiger partial charge in [0, 0.05) is 18.5 Å². The number of hydrogen-bond acceptors (Lipinski definition) is 6. The highest BCUT2D eigenvalue weighted by atomic mass is 32.2. The van der Waals surface area contributed by atoms with E-state index in [-0.39, 0.29) is 23.5 Å². The zero-order valence-corrected chi connectivity index (χ0v) is 18.6. The normalized spacial score (nSPS) is 27.6. The maximum Gasteiger partial charge on any atom is 0.407 e. The van der Waals surface area contributed by atoms with Crippen LogP contribution in [0.15, 0.2) is 24.3 Å². The number of carbonyl (C=O) groups is 1. The van der Waals surface area contributed by atoms with E-state index >= 15 is 0 Å². The Morgan fingerprint density at radius 2 is 1.87 bits per heavy atom. The van der Waals surface area contributed by atoms with Crippen LogP contribution in [0.3, 0.4) is 0 Å². The molecule has 2 fully saturated rings. The van der Waals surface area contributed by atoms with E-state index in [9.17, 15) is 14.1 Å². The molecule has 1 aromatic rings. The molecule has 0 aromatic heterocycles. The maximum absolute atomic E-state index is 11.5. The van der Waals surface area contributed by atoms with E-state index in [2.05, 4.69) is 20.8 Å². The third-order valence-corrected chi connectivity index (χ3v) is 6.24. The molecule has 0 unspecified atom stereocenters. The van der Waals surface area contributed by atoms with Crippen LogP contribution in [0.1, 0.15) is 45.1 Å². The second kappa shape index (κ2) is 10.1. The van der Waals surface area contributed by atoms with Crippen molar-refractivity contribution in [3.8, 4) is 5.75 Å². The van der Waals surface area contributed by atoms with E-state index in [1.165, 1.54) is 4.90 Å². The van der Waals surface area contributed by atoms with Crippen molar-refractivity contribution < 1.29 is 31.9 Å². The second-order valence-electron chi connectivity index (χ2n) is 8.76. The van der Waals surface area contributed by atoms with Crippen molar-refractivity contribution >= 4 is 17.5 Å². The zero-order chi connectivity index (χ0) is 21.7. The molecule has 1 amide bonds. The number of rotatable bonds is 6. The van der Waals surface area contributed by atoms with Gasteiger partial charge < -0.3 is 19.5 Å². The molecule has 2 saturated heterocycles. The molecular weight excluding hydrogens is 410 g/mol. The predicted molar refractivity (Wildman–Crippen MR) is 112 cm³/mol. The Labute approximate surface area is 180 Å². The van der Waals surface area contributed by atoms with E-state index in [4.69, 9.17) is 17.8 Å². The molecule has 8 nitrogen and oxygen atoms in total. The fraction of sp³-hybridized carbons (Fsp3) is 0.667. The van der Waals surface area contributed by atoms with E-state index in [1.807, 2.05) is 24.3 Å². The Bertz CT molecular complexity index is 724. The molecule has 30 heavy (non-hydrogen) atoms. The smallest absolute Gasteiger partial charge is 0.407 e. The van der Waals surface area contributed by atoms with Gasteiger partial charge in [0.15, 0.2) is 0 Å². The number of hydrogen-bond donors (Lipinski definition) is 1. The summed E-state index contributed by atoms with van der Waals surface area (Å²) in [6.45, 7) is 8.30. The van der Waals surface area contributed by atoms with Crippen LogP contribution in [-0.4, -0.2) is 65.4 Å². The van der Waals surface area contributed by atoms with Gasteiger partial charge in [0.25, 0.3) is 0 Å². The molecule has 0 radical (unpaired) electrons. The summed E-state index contributed by atoms with van der Waals surface area (Å²) in [5.41, 5.74) is 0.913. The monoisotopic (exact) mass is 441 g/mol. The average Bonchev–Trinajstić information content (AvgIpc) is 2.71. The van der Waals surface area contributed by atoms with Gasteiger partial charge >= 0.3 is 17.5 Å². The minimum atomic E-state index is -1.63. The molecule has 3 rings (SSSR count). The van der Waals surface area contributed by atoms with Crippen LogP contribution >= 0.6 is 0 Å². The van der Waals surface area contributed by atoms with Crippen molar-refractivity contribution in [2.45, 2.75) is 51.7 Å². The largest absolute Gasteiger partial charge is 0.491 e. The number of nitrogens with zero attached hydrogens (tertiary/aromatic N) is 1. The molecule has 2 heterocycles. The summed E-state index contributed by atoms with van der Waals surface area (Å²) < 4.78 is 32.9. The molecule has 168 valence electrons. The molecular formula is C21H31NO7S. The van der Waals surface area contributed by atoms with Crippen molar-refractivity contribution in [2.24, 2.45) is 5.41 Å². The van der Waals surface area contributed by atoms with Crippen molar-refractivity contribution in [1.82, 2.24) is 4.90 Å². The van der Waals surface area contributed by atoms with Crippen molar-refractivity contribution in [3.63, 3.8) is 0 Å². The molecule has 0 aliphatic carbocycles. The van der Waals surface area contributed by atoms with E-state index in [0.29, 0.717) is 45.8 Å². The third kappa shape index (κ3) is 6.16.